The minimum absolute atomic E-state index is 0.0269. The number of benzene rings is 2. The third kappa shape index (κ3) is 5.01. The summed E-state index contributed by atoms with van der Waals surface area (Å²) in [5.41, 5.74) is 2.85. The van der Waals surface area contributed by atoms with E-state index >= 15 is 0 Å². The largest absolute Gasteiger partial charge is 0.497 e. The van der Waals surface area contributed by atoms with E-state index in [-0.39, 0.29) is 11.9 Å². The number of hydrogen-bond acceptors (Lipinski definition) is 5. The first-order valence-electron chi connectivity index (χ1n) is 11.6. The van der Waals surface area contributed by atoms with Crippen molar-refractivity contribution in [2.24, 2.45) is 0 Å². The van der Waals surface area contributed by atoms with Gasteiger partial charge < -0.3 is 14.2 Å². The number of unbranched alkanes of at least 4 members (excludes halogenated alkanes) is 2. The summed E-state index contributed by atoms with van der Waals surface area (Å²) in [5, 5.41) is 4.17. The highest BCUT2D eigenvalue weighted by Crippen LogP contribution is 2.32. The molecule has 32 heavy (non-hydrogen) atoms. The maximum absolute atomic E-state index is 13.3. The second-order valence-electron chi connectivity index (χ2n) is 8.35. The highest BCUT2D eigenvalue weighted by Gasteiger charge is 2.32. The van der Waals surface area contributed by atoms with Gasteiger partial charge in [0.05, 0.1) is 7.11 Å². The monoisotopic (exact) mass is 433 g/mol. The van der Waals surface area contributed by atoms with E-state index in [0.29, 0.717) is 23.8 Å². The number of ether oxygens (including phenoxy) is 1. The Balaban J connectivity index is 1.49. The molecule has 1 aromatic heterocycles. The first kappa shape index (κ1) is 22.1. The van der Waals surface area contributed by atoms with Crippen molar-refractivity contribution < 1.29 is 14.1 Å². The summed E-state index contributed by atoms with van der Waals surface area (Å²) in [4.78, 5) is 19.8. The second-order valence-corrected chi connectivity index (χ2v) is 8.35. The zero-order valence-electron chi connectivity index (χ0n) is 18.9. The Labute approximate surface area is 189 Å². The van der Waals surface area contributed by atoms with Crippen LogP contribution in [0.5, 0.6) is 5.75 Å². The van der Waals surface area contributed by atoms with E-state index in [1.807, 2.05) is 41.3 Å². The predicted octanol–water partition coefficient (Wildman–Crippen LogP) is 5.85. The van der Waals surface area contributed by atoms with Crippen LogP contribution in [0, 0.1) is 0 Å². The zero-order valence-corrected chi connectivity index (χ0v) is 18.9. The molecule has 2 heterocycles. The molecule has 168 valence electrons. The number of likely N-dealkylation sites (tertiary alicyclic amines) is 1. The molecule has 2 aromatic carbocycles. The number of nitrogens with zero attached hydrogens (tertiary/aromatic N) is 3. The Morgan fingerprint density at radius 1 is 1.09 bits per heavy atom. The van der Waals surface area contributed by atoms with E-state index in [9.17, 15) is 4.79 Å². The minimum Gasteiger partial charge on any atom is -0.497 e. The maximum atomic E-state index is 13.3. The Hall–Kier alpha value is -3.15. The van der Waals surface area contributed by atoms with Crippen LogP contribution in [0.2, 0.25) is 0 Å². The molecule has 1 amide bonds. The van der Waals surface area contributed by atoms with Crippen molar-refractivity contribution in [2.45, 2.75) is 57.9 Å². The topological polar surface area (TPSA) is 68.5 Å². The van der Waals surface area contributed by atoms with E-state index in [2.05, 4.69) is 29.2 Å². The van der Waals surface area contributed by atoms with Crippen molar-refractivity contribution in [1.82, 2.24) is 15.0 Å². The molecular formula is C26H31N3O3. The lowest BCUT2D eigenvalue weighted by Crippen LogP contribution is -2.38. The standard InChI is InChI=1S/C26H31N3O3/c1-3-4-5-8-19-10-12-21(13-11-19)26(30)29-18-7-6-9-23(29)25-27-24(28-32-25)20-14-16-22(31-2)17-15-20/h10-17,23H,3-9,18H2,1-2H3/t23-/m0/s1. The van der Waals surface area contributed by atoms with Gasteiger partial charge in [-0.15, -0.1) is 0 Å². The van der Waals surface area contributed by atoms with Gasteiger partial charge in [0.2, 0.25) is 11.7 Å². The number of aromatic nitrogens is 2. The van der Waals surface area contributed by atoms with E-state index in [1.54, 1.807) is 7.11 Å². The first-order chi connectivity index (χ1) is 15.7. The minimum atomic E-state index is -0.194. The Bertz CT molecular complexity index is 1010. The van der Waals surface area contributed by atoms with Crippen LogP contribution >= 0.6 is 0 Å². The van der Waals surface area contributed by atoms with Gasteiger partial charge in [-0.25, -0.2) is 0 Å². The lowest BCUT2D eigenvalue weighted by molar-refractivity contribution is 0.0561. The van der Waals surface area contributed by atoms with Crippen LogP contribution < -0.4 is 4.74 Å². The number of rotatable bonds is 8. The molecule has 6 nitrogen and oxygen atoms in total. The number of carbonyl (C=O) groups is 1. The lowest BCUT2D eigenvalue weighted by Gasteiger charge is -2.33. The molecule has 0 N–H and O–H groups in total. The summed E-state index contributed by atoms with van der Waals surface area (Å²) in [6.45, 7) is 2.90. The van der Waals surface area contributed by atoms with Gasteiger partial charge in [0, 0.05) is 17.7 Å². The van der Waals surface area contributed by atoms with Crippen LogP contribution in [0.15, 0.2) is 53.1 Å². The smallest absolute Gasteiger partial charge is 0.254 e. The first-order valence-corrected chi connectivity index (χ1v) is 11.6. The summed E-state index contributed by atoms with van der Waals surface area (Å²) >= 11 is 0. The molecule has 0 bridgehead atoms. The maximum Gasteiger partial charge on any atom is 0.254 e. The van der Waals surface area contributed by atoms with Gasteiger partial charge in [-0.05, 0) is 74.1 Å². The van der Waals surface area contributed by atoms with Crippen molar-refractivity contribution >= 4 is 5.91 Å². The quantitative estimate of drug-likeness (QED) is 0.417. The number of methoxy groups -OCH3 is 1. The molecule has 1 atom stereocenters. The van der Waals surface area contributed by atoms with Crippen molar-refractivity contribution in [3.05, 3.63) is 65.5 Å². The molecule has 1 saturated heterocycles. The molecular weight excluding hydrogens is 402 g/mol. The molecule has 1 fully saturated rings. The predicted molar refractivity (Wildman–Crippen MR) is 124 cm³/mol. The fraction of sp³-hybridized carbons (Fsp3) is 0.423. The van der Waals surface area contributed by atoms with Gasteiger partial charge in [0.15, 0.2) is 0 Å². The fourth-order valence-electron chi connectivity index (χ4n) is 4.22. The molecule has 0 spiro atoms. The van der Waals surface area contributed by atoms with Crippen LogP contribution in [0.1, 0.15) is 73.3 Å². The van der Waals surface area contributed by atoms with Crippen LogP contribution in [0.25, 0.3) is 11.4 Å². The Kier molecular flexibility index (Phi) is 7.20. The number of amides is 1. The van der Waals surface area contributed by atoms with Crippen LogP contribution in [0.3, 0.4) is 0 Å². The molecule has 3 aromatic rings. The summed E-state index contributed by atoms with van der Waals surface area (Å²) in [7, 11) is 1.64. The van der Waals surface area contributed by atoms with Gasteiger partial charge in [0.1, 0.15) is 11.8 Å². The summed E-state index contributed by atoms with van der Waals surface area (Å²) in [6, 6.07) is 15.4. The normalized spacial score (nSPS) is 16.2. The summed E-state index contributed by atoms with van der Waals surface area (Å²) < 4.78 is 10.8. The molecule has 0 radical (unpaired) electrons. The molecule has 4 rings (SSSR count). The SMILES string of the molecule is CCCCCc1ccc(C(=O)N2CCCC[C@H]2c2nc(-c3ccc(OC)cc3)no2)cc1. The van der Waals surface area contributed by atoms with Crippen molar-refractivity contribution in [2.75, 3.05) is 13.7 Å². The average molecular weight is 434 g/mol. The molecule has 0 unspecified atom stereocenters. The third-order valence-electron chi connectivity index (χ3n) is 6.11. The van der Waals surface area contributed by atoms with Crippen LogP contribution in [0.4, 0.5) is 0 Å². The number of aryl methyl sites for hydroxylation is 1. The highest BCUT2D eigenvalue weighted by atomic mass is 16.5. The van der Waals surface area contributed by atoms with Gasteiger partial charge in [0.25, 0.3) is 5.91 Å². The number of hydrogen-bond donors (Lipinski definition) is 0. The van der Waals surface area contributed by atoms with Crippen molar-refractivity contribution in [1.29, 1.82) is 0 Å². The third-order valence-corrected chi connectivity index (χ3v) is 6.11. The number of piperidine rings is 1. The molecule has 0 aliphatic carbocycles. The molecule has 1 aliphatic rings. The van der Waals surface area contributed by atoms with Crippen LogP contribution in [-0.2, 0) is 6.42 Å². The van der Waals surface area contributed by atoms with E-state index in [0.717, 1.165) is 37.0 Å². The second kappa shape index (κ2) is 10.4. The van der Waals surface area contributed by atoms with E-state index < -0.39 is 0 Å². The number of carbonyl (C=O) groups excluding carboxylic acids is 1. The fourth-order valence-corrected chi connectivity index (χ4v) is 4.22. The Morgan fingerprint density at radius 2 is 1.88 bits per heavy atom. The Morgan fingerprint density at radius 3 is 2.59 bits per heavy atom. The van der Waals surface area contributed by atoms with E-state index in [4.69, 9.17) is 9.26 Å². The van der Waals surface area contributed by atoms with E-state index in [1.165, 1.54) is 24.8 Å². The van der Waals surface area contributed by atoms with Gasteiger partial charge >= 0.3 is 0 Å². The summed E-state index contributed by atoms with van der Waals surface area (Å²) in [5.74, 6) is 1.83. The van der Waals surface area contributed by atoms with Crippen molar-refractivity contribution in [3.63, 3.8) is 0 Å². The van der Waals surface area contributed by atoms with Crippen molar-refractivity contribution in [3.8, 4) is 17.1 Å². The van der Waals surface area contributed by atoms with Crippen LogP contribution in [-0.4, -0.2) is 34.6 Å². The average Bonchev–Trinajstić information content (AvgIpc) is 3.34. The van der Waals surface area contributed by atoms with Gasteiger partial charge in [-0.1, -0.05) is 37.1 Å². The zero-order chi connectivity index (χ0) is 22.3. The molecule has 1 aliphatic heterocycles. The summed E-state index contributed by atoms with van der Waals surface area (Å²) in [6.07, 6.45) is 7.53. The van der Waals surface area contributed by atoms with Gasteiger partial charge in [-0.3, -0.25) is 4.79 Å². The van der Waals surface area contributed by atoms with Gasteiger partial charge in [-0.2, -0.15) is 4.98 Å². The lowest BCUT2D eigenvalue weighted by atomic mass is 9.99. The molecule has 6 heteroatoms. The molecule has 0 saturated carbocycles. The highest BCUT2D eigenvalue weighted by molar-refractivity contribution is 5.94.